The third-order valence-electron chi connectivity index (χ3n) is 4.89. The van der Waals surface area contributed by atoms with Gasteiger partial charge in [-0.05, 0) is 23.3 Å². The molecule has 0 aliphatic carbocycles. The van der Waals surface area contributed by atoms with Crippen LogP contribution >= 0.6 is 0 Å². The van der Waals surface area contributed by atoms with Gasteiger partial charge in [0.25, 0.3) is 6.47 Å². The number of ether oxygens (including phenoxy) is 1. The second-order valence-electron chi connectivity index (χ2n) is 6.91. The molecule has 1 amide bonds. The van der Waals surface area contributed by atoms with Gasteiger partial charge in [-0.1, -0.05) is 57.2 Å². The van der Waals surface area contributed by atoms with Crippen molar-refractivity contribution in [3.63, 3.8) is 0 Å². The number of carbonyl (C=O) groups excluding carboxylic acids is 2. The number of nitrogens with zero attached hydrogens (tertiary/aromatic N) is 1. The van der Waals surface area contributed by atoms with Crippen molar-refractivity contribution in [3.8, 4) is 0 Å². The summed E-state index contributed by atoms with van der Waals surface area (Å²) in [4.78, 5) is 24.9. The molecule has 0 aromatic heterocycles. The van der Waals surface area contributed by atoms with Gasteiger partial charge in [-0.25, -0.2) is 0 Å². The van der Waals surface area contributed by atoms with E-state index in [4.69, 9.17) is 4.74 Å². The van der Waals surface area contributed by atoms with Crippen LogP contribution in [0.2, 0.25) is 0 Å². The number of likely N-dealkylation sites (N-methyl/N-ethyl adjacent to an activating group) is 1. The lowest BCUT2D eigenvalue weighted by Gasteiger charge is -2.32. The van der Waals surface area contributed by atoms with E-state index in [9.17, 15) is 9.59 Å². The molecule has 0 N–H and O–H groups in total. The zero-order valence-electron chi connectivity index (χ0n) is 15.2. The van der Waals surface area contributed by atoms with E-state index in [2.05, 4.69) is 27.4 Å². The molecular formula is C20H29NO3. The molecule has 0 fully saturated rings. The van der Waals surface area contributed by atoms with Gasteiger partial charge in [0.1, 0.15) is 6.61 Å². The van der Waals surface area contributed by atoms with E-state index in [1.165, 1.54) is 0 Å². The first-order valence-corrected chi connectivity index (χ1v) is 8.30. The maximum absolute atomic E-state index is 12.7. The predicted octanol–water partition coefficient (Wildman–Crippen LogP) is 3.47. The van der Waals surface area contributed by atoms with Crippen molar-refractivity contribution in [2.45, 2.75) is 39.7 Å². The zero-order chi connectivity index (χ0) is 18.2. The maximum Gasteiger partial charge on any atom is 0.293 e. The van der Waals surface area contributed by atoms with Gasteiger partial charge in [-0.15, -0.1) is 6.58 Å². The standard InChI is InChI=1S/C20H29NO3/c1-6-20(3,4)16(2)12-19(23)21(5)18(14-24-15-22)13-17-10-8-7-9-11-17/h6-11,15-16,18H,1,12-14H2,2-5H3. The summed E-state index contributed by atoms with van der Waals surface area (Å²) < 4.78 is 4.94. The summed E-state index contributed by atoms with van der Waals surface area (Å²) in [6, 6.07) is 9.72. The van der Waals surface area contributed by atoms with Crippen molar-refractivity contribution >= 4 is 12.4 Å². The zero-order valence-corrected chi connectivity index (χ0v) is 15.2. The van der Waals surface area contributed by atoms with Crippen molar-refractivity contribution in [2.24, 2.45) is 11.3 Å². The number of carbonyl (C=O) groups is 2. The second-order valence-corrected chi connectivity index (χ2v) is 6.91. The Kier molecular flexibility index (Phi) is 7.69. The van der Waals surface area contributed by atoms with Gasteiger partial charge in [-0.3, -0.25) is 9.59 Å². The predicted molar refractivity (Wildman–Crippen MR) is 96.5 cm³/mol. The van der Waals surface area contributed by atoms with Crippen LogP contribution in [0.25, 0.3) is 0 Å². The molecular weight excluding hydrogens is 302 g/mol. The molecule has 0 bridgehead atoms. The summed E-state index contributed by atoms with van der Waals surface area (Å²) in [5.74, 6) is 0.224. The van der Waals surface area contributed by atoms with Crippen molar-refractivity contribution in [1.29, 1.82) is 0 Å². The first-order valence-electron chi connectivity index (χ1n) is 8.30. The molecule has 0 heterocycles. The number of hydrogen-bond donors (Lipinski definition) is 0. The quantitative estimate of drug-likeness (QED) is 0.487. The number of hydrogen-bond acceptors (Lipinski definition) is 3. The van der Waals surface area contributed by atoms with Gasteiger partial charge < -0.3 is 9.64 Å². The number of benzene rings is 1. The summed E-state index contributed by atoms with van der Waals surface area (Å²) in [5.41, 5.74) is 1.00. The van der Waals surface area contributed by atoms with E-state index >= 15 is 0 Å². The Morgan fingerprint density at radius 3 is 2.50 bits per heavy atom. The van der Waals surface area contributed by atoms with E-state index < -0.39 is 0 Å². The van der Waals surface area contributed by atoms with Crippen molar-refractivity contribution in [1.82, 2.24) is 4.90 Å². The Labute approximate surface area is 145 Å². The molecule has 1 aromatic rings. The smallest absolute Gasteiger partial charge is 0.293 e. The van der Waals surface area contributed by atoms with Crippen LogP contribution in [0.3, 0.4) is 0 Å². The molecule has 24 heavy (non-hydrogen) atoms. The van der Waals surface area contributed by atoms with Crippen LogP contribution in [-0.2, 0) is 20.7 Å². The lowest BCUT2D eigenvalue weighted by atomic mass is 9.78. The highest BCUT2D eigenvalue weighted by Gasteiger charge is 2.28. The van der Waals surface area contributed by atoms with E-state index in [0.29, 0.717) is 19.3 Å². The Hall–Kier alpha value is -2.10. The molecule has 4 nitrogen and oxygen atoms in total. The maximum atomic E-state index is 12.7. The molecule has 0 aliphatic rings. The second kappa shape index (κ2) is 9.26. The van der Waals surface area contributed by atoms with Crippen molar-refractivity contribution < 1.29 is 14.3 Å². The minimum Gasteiger partial charge on any atom is -0.466 e. The minimum absolute atomic E-state index is 0.0489. The summed E-state index contributed by atoms with van der Waals surface area (Å²) in [7, 11) is 1.78. The highest BCUT2D eigenvalue weighted by Crippen LogP contribution is 2.30. The van der Waals surface area contributed by atoms with Gasteiger partial charge in [0.2, 0.25) is 5.91 Å². The average molecular weight is 331 g/mol. The van der Waals surface area contributed by atoms with Crippen LogP contribution in [0.15, 0.2) is 43.0 Å². The summed E-state index contributed by atoms with van der Waals surface area (Å²) >= 11 is 0. The monoisotopic (exact) mass is 331 g/mol. The highest BCUT2D eigenvalue weighted by atomic mass is 16.5. The highest BCUT2D eigenvalue weighted by molar-refractivity contribution is 5.76. The minimum atomic E-state index is -0.177. The van der Waals surface area contributed by atoms with Crippen molar-refractivity contribution in [2.75, 3.05) is 13.7 Å². The third-order valence-corrected chi connectivity index (χ3v) is 4.89. The van der Waals surface area contributed by atoms with Crippen LogP contribution in [0.1, 0.15) is 32.8 Å². The van der Waals surface area contributed by atoms with E-state index in [1.807, 2.05) is 36.4 Å². The lowest BCUT2D eigenvalue weighted by Crippen LogP contribution is -2.42. The molecule has 0 saturated carbocycles. The molecule has 1 aromatic carbocycles. The Morgan fingerprint density at radius 2 is 1.96 bits per heavy atom. The fourth-order valence-electron chi connectivity index (χ4n) is 2.42. The molecule has 132 valence electrons. The van der Waals surface area contributed by atoms with Crippen LogP contribution in [0, 0.1) is 11.3 Å². The summed E-state index contributed by atoms with van der Waals surface area (Å²) in [6.07, 6.45) is 2.97. The topological polar surface area (TPSA) is 46.6 Å². The molecule has 0 radical (unpaired) electrons. The Bertz CT molecular complexity index is 539. The molecule has 0 saturated heterocycles. The molecule has 2 unspecified atom stereocenters. The van der Waals surface area contributed by atoms with E-state index in [1.54, 1.807) is 11.9 Å². The fraction of sp³-hybridized carbons (Fsp3) is 0.500. The Balaban J connectivity index is 2.79. The van der Waals surface area contributed by atoms with Gasteiger partial charge in [0.15, 0.2) is 0 Å². The number of rotatable bonds is 10. The summed E-state index contributed by atoms with van der Waals surface area (Å²) in [6.45, 7) is 10.7. The largest absolute Gasteiger partial charge is 0.466 e. The van der Waals surface area contributed by atoms with Gasteiger partial charge >= 0.3 is 0 Å². The molecule has 0 spiro atoms. The van der Waals surface area contributed by atoms with Gasteiger partial charge in [0.05, 0.1) is 6.04 Å². The third kappa shape index (κ3) is 5.84. The van der Waals surface area contributed by atoms with Gasteiger partial charge in [0, 0.05) is 13.5 Å². The van der Waals surface area contributed by atoms with Crippen LogP contribution in [0.4, 0.5) is 0 Å². The first-order chi connectivity index (χ1) is 11.3. The number of allylic oxidation sites excluding steroid dienone is 1. The van der Waals surface area contributed by atoms with Crippen LogP contribution < -0.4 is 0 Å². The van der Waals surface area contributed by atoms with E-state index in [-0.39, 0.29) is 29.9 Å². The SMILES string of the molecule is C=CC(C)(C)C(C)CC(=O)N(C)C(COC=O)Cc1ccccc1. The fourth-order valence-corrected chi connectivity index (χ4v) is 2.42. The molecule has 0 aliphatic heterocycles. The normalized spacial score (nSPS) is 13.7. The molecule has 2 atom stereocenters. The lowest BCUT2D eigenvalue weighted by molar-refractivity contribution is -0.138. The Morgan fingerprint density at radius 1 is 1.33 bits per heavy atom. The molecule has 1 rings (SSSR count). The van der Waals surface area contributed by atoms with Crippen molar-refractivity contribution in [3.05, 3.63) is 48.6 Å². The number of amides is 1. The van der Waals surface area contributed by atoms with Crippen LogP contribution in [-0.4, -0.2) is 37.0 Å². The summed E-state index contributed by atoms with van der Waals surface area (Å²) in [5, 5.41) is 0. The molecule has 4 heteroatoms. The first kappa shape index (κ1) is 19.9. The van der Waals surface area contributed by atoms with E-state index in [0.717, 1.165) is 5.56 Å². The average Bonchev–Trinajstić information content (AvgIpc) is 2.58. The van der Waals surface area contributed by atoms with Crippen LogP contribution in [0.5, 0.6) is 0 Å². The van der Waals surface area contributed by atoms with Gasteiger partial charge in [-0.2, -0.15) is 0 Å².